The summed E-state index contributed by atoms with van der Waals surface area (Å²) in [5.74, 6) is 5.98. The number of hydrogen-bond donors (Lipinski definition) is 3. The van der Waals surface area contributed by atoms with E-state index in [1.165, 1.54) is 0 Å². The van der Waals surface area contributed by atoms with Gasteiger partial charge in [0.25, 0.3) is 5.91 Å². The third kappa shape index (κ3) is 5.70. The summed E-state index contributed by atoms with van der Waals surface area (Å²) in [6, 6.07) is 20.7. The molecule has 220 valence electrons. The van der Waals surface area contributed by atoms with E-state index in [2.05, 4.69) is 43.9 Å². The van der Waals surface area contributed by atoms with Crippen LogP contribution in [0.1, 0.15) is 37.8 Å². The minimum absolute atomic E-state index is 0.209. The molecule has 0 spiro atoms. The first kappa shape index (κ1) is 28.5. The van der Waals surface area contributed by atoms with Gasteiger partial charge in [0, 0.05) is 53.5 Å². The van der Waals surface area contributed by atoms with Gasteiger partial charge in [-0.3, -0.25) is 24.4 Å². The Labute approximate surface area is 255 Å². The molecule has 3 amide bonds. The third-order valence-corrected chi connectivity index (χ3v) is 8.12. The van der Waals surface area contributed by atoms with Crippen molar-refractivity contribution in [2.45, 2.75) is 38.3 Å². The molecule has 0 radical (unpaired) electrons. The maximum absolute atomic E-state index is 13.4. The number of rotatable bonds is 6. The van der Waals surface area contributed by atoms with Gasteiger partial charge in [-0.2, -0.15) is 10.4 Å². The van der Waals surface area contributed by atoms with Crippen LogP contribution in [0.25, 0.3) is 10.8 Å². The number of carbonyl (C=O) groups is 3. The van der Waals surface area contributed by atoms with Crippen LogP contribution in [0.5, 0.6) is 0 Å². The van der Waals surface area contributed by atoms with Crippen molar-refractivity contribution in [1.29, 1.82) is 5.26 Å². The van der Waals surface area contributed by atoms with Gasteiger partial charge in [-0.15, -0.1) is 0 Å². The van der Waals surface area contributed by atoms with Crippen LogP contribution in [0, 0.1) is 29.1 Å². The average molecular weight is 586 g/mol. The number of piperidine rings is 1. The van der Waals surface area contributed by atoms with Crippen molar-refractivity contribution < 1.29 is 14.4 Å². The van der Waals surface area contributed by atoms with E-state index >= 15 is 0 Å². The van der Waals surface area contributed by atoms with Gasteiger partial charge in [0.15, 0.2) is 0 Å². The van der Waals surface area contributed by atoms with Gasteiger partial charge in [-0.05, 0) is 56.7 Å². The molecule has 0 saturated carbocycles. The van der Waals surface area contributed by atoms with E-state index in [1.54, 1.807) is 43.1 Å². The summed E-state index contributed by atoms with van der Waals surface area (Å²) in [5, 5.41) is 24.0. The predicted octanol–water partition coefficient (Wildman–Crippen LogP) is 3.99. The highest BCUT2D eigenvalue weighted by atomic mass is 16.2. The molecule has 10 nitrogen and oxygen atoms in total. The number of benzene rings is 3. The van der Waals surface area contributed by atoms with Crippen molar-refractivity contribution in [2.24, 2.45) is 5.92 Å². The Balaban J connectivity index is 1.04. The first-order valence-corrected chi connectivity index (χ1v) is 14.5. The quantitative estimate of drug-likeness (QED) is 0.230. The number of carbonyl (C=O) groups excluding carboxylic acids is 3. The first-order chi connectivity index (χ1) is 21.2. The number of imide groups is 1. The highest BCUT2D eigenvalue weighted by Gasteiger charge is 2.31. The number of aromatic nitrogens is 2. The normalized spacial score (nSPS) is 16.8. The highest BCUT2D eigenvalue weighted by Crippen LogP contribution is 2.29. The van der Waals surface area contributed by atoms with E-state index in [4.69, 9.17) is 0 Å². The Bertz CT molecular complexity index is 1870. The molecule has 1 aromatic heterocycles. The van der Waals surface area contributed by atoms with Crippen molar-refractivity contribution in [1.82, 2.24) is 15.1 Å². The first-order valence-electron chi connectivity index (χ1n) is 14.5. The monoisotopic (exact) mass is 585 g/mol. The Morgan fingerprint density at radius 1 is 1.05 bits per heavy atom. The van der Waals surface area contributed by atoms with Gasteiger partial charge < -0.3 is 15.5 Å². The fourth-order valence-electron chi connectivity index (χ4n) is 5.34. The van der Waals surface area contributed by atoms with E-state index in [0.717, 1.165) is 40.8 Å². The Morgan fingerprint density at radius 3 is 2.52 bits per heavy atom. The van der Waals surface area contributed by atoms with Gasteiger partial charge in [0.05, 0.1) is 29.3 Å². The number of hydrogen-bond acceptors (Lipinski definition) is 7. The minimum atomic E-state index is -0.985. The summed E-state index contributed by atoms with van der Waals surface area (Å²) in [6.07, 6.45) is 4.28. The lowest BCUT2D eigenvalue weighted by atomic mass is 9.99. The summed E-state index contributed by atoms with van der Waals surface area (Å²) in [4.78, 5) is 39.0. The van der Waals surface area contributed by atoms with Gasteiger partial charge in [-0.25, -0.2) is 0 Å². The molecule has 44 heavy (non-hydrogen) atoms. The van der Waals surface area contributed by atoms with E-state index in [-0.39, 0.29) is 23.6 Å². The molecule has 3 heterocycles. The van der Waals surface area contributed by atoms with Crippen molar-refractivity contribution in [3.05, 3.63) is 84.2 Å². The second-order valence-corrected chi connectivity index (χ2v) is 11.6. The number of nitrogens with zero attached hydrogens (tertiary/aromatic N) is 4. The molecule has 2 aliphatic rings. The average Bonchev–Trinajstić information content (AvgIpc) is 3.49. The third-order valence-electron chi connectivity index (χ3n) is 8.12. The lowest BCUT2D eigenvalue weighted by Gasteiger charge is -2.38. The van der Waals surface area contributed by atoms with E-state index in [9.17, 15) is 19.6 Å². The maximum atomic E-state index is 13.4. The Hall–Kier alpha value is -5.61. The molecule has 3 N–H and O–H groups in total. The van der Waals surface area contributed by atoms with Crippen molar-refractivity contribution >= 4 is 45.6 Å². The number of nitrogens with one attached hydrogen (secondary N) is 3. The fourth-order valence-corrected chi connectivity index (χ4v) is 5.34. The standard InChI is InChI=1S/C34H31N7O3/c1-34(2,33(44)38-29-14-9-24(17-35)27-5-3-4-6-28(27)29)41-21-22(18-36-41)7-8-23-19-40(20-23)26-12-10-25(11-13-26)37-30-15-16-31(42)39-32(30)43/h3-6,9-14,18,21,23,30,37H,15-16,19-20H2,1-2H3,(H,38,44)(H,39,42,43). The molecule has 2 aliphatic heterocycles. The van der Waals surface area contributed by atoms with Crippen LogP contribution in [0.15, 0.2) is 73.1 Å². The topological polar surface area (TPSA) is 132 Å². The van der Waals surface area contributed by atoms with Gasteiger partial charge >= 0.3 is 0 Å². The van der Waals surface area contributed by atoms with Gasteiger partial charge in [0.1, 0.15) is 11.6 Å². The number of nitriles is 1. The van der Waals surface area contributed by atoms with Crippen molar-refractivity contribution in [3.8, 4) is 17.9 Å². The van der Waals surface area contributed by atoms with Crippen LogP contribution < -0.4 is 20.9 Å². The molecule has 10 heteroatoms. The number of fused-ring (bicyclic) bond motifs is 1. The molecule has 6 rings (SSSR count). The largest absolute Gasteiger partial charge is 0.374 e. The second kappa shape index (κ2) is 11.6. The van der Waals surface area contributed by atoms with Crippen molar-refractivity contribution in [3.63, 3.8) is 0 Å². The number of amides is 3. The van der Waals surface area contributed by atoms with Crippen LogP contribution in [0.2, 0.25) is 0 Å². The SMILES string of the molecule is CC(C)(C(=O)Nc1ccc(C#N)c2ccccc12)n1cc(C#CC2CN(c3ccc(NC4CCC(=O)NC4=O)cc3)C2)cn1. The van der Waals surface area contributed by atoms with E-state index < -0.39 is 11.6 Å². The molecule has 4 aromatic rings. The molecule has 0 bridgehead atoms. The summed E-state index contributed by atoms with van der Waals surface area (Å²) in [5.41, 5.74) is 2.85. The molecule has 2 saturated heterocycles. The van der Waals surface area contributed by atoms with Crippen LogP contribution in [0.4, 0.5) is 17.1 Å². The summed E-state index contributed by atoms with van der Waals surface area (Å²) in [7, 11) is 0. The van der Waals surface area contributed by atoms with Gasteiger partial charge in [-0.1, -0.05) is 36.1 Å². The molecular weight excluding hydrogens is 554 g/mol. The number of anilines is 3. The lowest BCUT2D eigenvalue weighted by Crippen LogP contribution is -2.47. The van der Waals surface area contributed by atoms with Crippen LogP contribution >= 0.6 is 0 Å². The smallest absolute Gasteiger partial charge is 0.251 e. The van der Waals surface area contributed by atoms with Crippen LogP contribution in [0.3, 0.4) is 0 Å². The zero-order valence-electron chi connectivity index (χ0n) is 24.4. The van der Waals surface area contributed by atoms with Gasteiger partial charge in [0.2, 0.25) is 11.8 Å². The van der Waals surface area contributed by atoms with E-state index in [0.29, 0.717) is 24.1 Å². The minimum Gasteiger partial charge on any atom is -0.374 e. The van der Waals surface area contributed by atoms with Crippen LogP contribution in [-0.2, 0) is 19.9 Å². The van der Waals surface area contributed by atoms with Crippen molar-refractivity contribution in [2.75, 3.05) is 28.6 Å². The maximum Gasteiger partial charge on any atom is 0.251 e. The predicted molar refractivity (Wildman–Crippen MR) is 168 cm³/mol. The second-order valence-electron chi connectivity index (χ2n) is 11.6. The molecular formula is C34H31N7O3. The zero-order chi connectivity index (χ0) is 30.8. The summed E-state index contributed by atoms with van der Waals surface area (Å²) in [6.45, 7) is 5.20. The molecule has 1 unspecified atom stereocenters. The molecule has 2 fully saturated rings. The summed E-state index contributed by atoms with van der Waals surface area (Å²) < 4.78 is 1.62. The summed E-state index contributed by atoms with van der Waals surface area (Å²) >= 11 is 0. The molecule has 3 aromatic carbocycles. The van der Waals surface area contributed by atoms with Crippen LogP contribution in [-0.4, -0.2) is 46.6 Å². The molecule has 1 atom stereocenters. The molecule has 0 aliphatic carbocycles. The Kier molecular flexibility index (Phi) is 7.50. The fraction of sp³-hybridized carbons (Fsp3) is 0.265. The highest BCUT2D eigenvalue weighted by molar-refractivity contribution is 6.06. The zero-order valence-corrected chi connectivity index (χ0v) is 24.4. The lowest BCUT2D eigenvalue weighted by molar-refractivity contribution is -0.133. The Morgan fingerprint density at radius 2 is 1.80 bits per heavy atom. The van der Waals surface area contributed by atoms with E-state index in [1.807, 2.05) is 48.5 Å².